The highest BCUT2D eigenvalue weighted by molar-refractivity contribution is 7.98. The van der Waals surface area contributed by atoms with Crippen molar-refractivity contribution in [3.8, 4) is 0 Å². The maximum Gasteiger partial charge on any atom is 0.280 e. The van der Waals surface area contributed by atoms with Crippen molar-refractivity contribution in [2.75, 3.05) is 6.26 Å². The number of hydrogen-bond donors (Lipinski definition) is 0. The smallest absolute Gasteiger partial charge is 0.267 e. The summed E-state index contributed by atoms with van der Waals surface area (Å²) in [6.07, 6.45) is 1.91. The average molecular weight is 271 g/mol. The van der Waals surface area contributed by atoms with E-state index < -0.39 is 0 Å². The van der Waals surface area contributed by atoms with Gasteiger partial charge in [0.2, 0.25) is 0 Å². The number of rotatable bonds is 1. The van der Waals surface area contributed by atoms with E-state index in [1.54, 1.807) is 7.05 Å². The number of pyridine rings is 1. The van der Waals surface area contributed by atoms with Crippen LogP contribution in [0.2, 0.25) is 0 Å². The molecule has 4 nitrogen and oxygen atoms in total. The summed E-state index contributed by atoms with van der Waals surface area (Å²) in [6, 6.07) is 7.88. The van der Waals surface area contributed by atoms with Gasteiger partial charge in [0.25, 0.3) is 5.56 Å². The standard InChI is InChI=1S/C14H13N3OS/c1-8-11-12(9-6-4-5-7-10(9)15-8)16-17(2)14(18)13(11)19-3/h4-7H,1-3H3. The molecular weight excluding hydrogens is 258 g/mol. The summed E-state index contributed by atoms with van der Waals surface area (Å²) in [7, 11) is 1.69. The highest BCUT2D eigenvalue weighted by atomic mass is 32.2. The number of aryl methyl sites for hydroxylation is 2. The van der Waals surface area contributed by atoms with Gasteiger partial charge in [0.1, 0.15) is 5.52 Å². The fourth-order valence-corrected chi connectivity index (χ4v) is 3.08. The number of para-hydroxylation sites is 1. The lowest BCUT2D eigenvalue weighted by atomic mass is 10.1. The molecule has 19 heavy (non-hydrogen) atoms. The third-order valence-corrected chi connectivity index (χ3v) is 4.00. The first-order chi connectivity index (χ1) is 9.13. The normalized spacial score (nSPS) is 11.3. The minimum Gasteiger partial charge on any atom is -0.267 e. The van der Waals surface area contributed by atoms with Crippen molar-refractivity contribution in [1.29, 1.82) is 0 Å². The SMILES string of the molecule is CSc1c(=O)n(C)nc2c1c(C)nc1ccccc12. The van der Waals surface area contributed by atoms with E-state index in [0.717, 1.165) is 27.5 Å². The Morgan fingerprint density at radius 3 is 2.74 bits per heavy atom. The maximum absolute atomic E-state index is 12.2. The predicted molar refractivity (Wildman–Crippen MR) is 78.8 cm³/mol. The Bertz CT molecular complexity index is 855. The number of hydrogen-bond acceptors (Lipinski definition) is 4. The topological polar surface area (TPSA) is 47.8 Å². The Balaban J connectivity index is 2.66. The van der Waals surface area contributed by atoms with E-state index in [1.807, 2.05) is 37.4 Å². The van der Waals surface area contributed by atoms with Crippen LogP contribution in [-0.2, 0) is 7.05 Å². The van der Waals surface area contributed by atoms with Gasteiger partial charge in [-0.3, -0.25) is 9.78 Å². The third-order valence-electron chi connectivity index (χ3n) is 3.22. The second-order valence-corrected chi connectivity index (χ2v) is 5.22. The van der Waals surface area contributed by atoms with Crippen LogP contribution in [0.5, 0.6) is 0 Å². The van der Waals surface area contributed by atoms with E-state index in [4.69, 9.17) is 0 Å². The summed E-state index contributed by atoms with van der Waals surface area (Å²) < 4.78 is 1.40. The highest BCUT2D eigenvalue weighted by Gasteiger charge is 2.14. The molecule has 0 aliphatic carbocycles. The van der Waals surface area contributed by atoms with Crippen molar-refractivity contribution >= 4 is 33.6 Å². The lowest BCUT2D eigenvalue weighted by molar-refractivity contribution is 0.710. The van der Waals surface area contributed by atoms with Crippen molar-refractivity contribution in [3.63, 3.8) is 0 Å². The van der Waals surface area contributed by atoms with Crippen LogP contribution in [-0.4, -0.2) is 21.0 Å². The van der Waals surface area contributed by atoms with Crippen LogP contribution in [0.25, 0.3) is 21.8 Å². The summed E-state index contributed by atoms with van der Waals surface area (Å²) in [6.45, 7) is 1.93. The number of fused-ring (bicyclic) bond motifs is 3. The molecule has 5 heteroatoms. The summed E-state index contributed by atoms with van der Waals surface area (Å²) in [4.78, 5) is 17.4. The van der Waals surface area contributed by atoms with Gasteiger partial charge in [-0.2, -0.15) is 5.10 Å². The molecule has 0 aliphatic rings. The Kier molecular flexibility index (Phi) is 2.78. The van der Waals surface area contributed by atoms with Gasteiger partial charge in [-0.1, -0.05) is 18.2 Å². The summed E-state index contributed by atoms with van der Waals surface area (Å²) in [5, 5.41) is 6.27. The van der Waals surface area contributed by atoms with Crippen molar-refractivity contribution in [2.24, 2.45) is 7.05 Å². The summed E-state index contributed by atoms with van der Waals surface area (Å²) >= 11 is 1.45. The van der Waals surface area contributed by atoms with Gasteiger partial charge in [-0.15, -0.1) is 11.8 Å². The molecule has 0 spiro atoms. The molecule has 3 aromatic rings. The van der Waals surface area contributed by atoms with E-state index >= 15 is 0 Å². The number of thioether (sulfide) groups is 1. The molecule has 0 atom stereocenters. The molecule has 96 valence electrons. The number of nitrogens with zero attached hydrogens (tertiary/aromatic N) is 3. The summed E-state index contributed by atoms with van der Waals surface area (Å²) in [5.41, 5.74) is 2.53. The first kappa shape index (κ1) is 12.2. The molecule has 0 saturated carbocycles. The van der Waals surface area contributed by atoms with E-state index in [9.17, 15) is 4.79 Å². The monoisotopic (exact) mass is 271 g/mol. The van der Waals surface area contributed by atoms with Crippen LogP contribution < -0.4 is 5.56 Å². The second kappa shape index (κ2) is 4.35. The van der Waals surface area contributed by atoms with E-state index in [0.29, 0.717) is 4.90 Å². The van der Waals surface area contributed by atoms with Gasteiger partial charge in [0, 0.05) is 23.5 Å². The predicted octanol–water partition coefficient (Wildman–Crippen LogP) is 2.51. The van der Waals surface area contributed by atoms with Gasteiger partial charge >= 0.3 is 0 Å². The van der Waals surface area contributed by atoms with Gasteiger partial charge in [0.15, 0.2) is 0 Å². The molecule has 2 heterocycles. The highest BCUT2D eigenvalue weighted by Crippen LogP contribution is 2.28. The molecule has 0 unspecified atom stereocenters. The van der Waals surface area contributed by atoms with Crippen molar-refractivity contribution in [3.05, 3.63) is 40.3 Å². The second-order valence-electron chi connectivity index (χ2n) is 4.40. The molecule has 0 radical (unpaired) electrons. The Hall–Kier alpha value is -1.88. The molecule has 3 rings (SSSR count). The molecule has 0 saturated heterocycles. The van der Waals surface area contributed by atoms with Crippen molar-refractivity contribution < 1.29 is 0 Å². The zero-order chi connectivity index (χ0) is 13.6. The molecule has 1 aromatic carbocycles. The maximum atomic E-state index is 12.2. The van der Waals surface area contributed by atoms with E-state index in [1.165, 1.54) is 16.4 Å². The first-order valence-corrected chi connectivity index (χ1v) is 7.16. The van der Waals surface area contributed by atoms with Crippen LogP contribution in [0, 0.1) is 6.92 Å². The molecule has 0 fully saturated rings. The number of aromatic nitrogens is 3. The third kappa shape index (κ3) is 1.73. The van der Waals surface area contributed by atoms with Crippen LogP contribution in [0.3, 0.4) is 0 Å². The van der Waals surface area contributed by atoms with Crippen molar-refractivity contribution in [2.45, 2.75) is 11.8 Å². The van der Waals surface area contributed by atoms with Crippen LogP contribution in [0.15, 0.2) is 34.0 Å². The van der Waals surface area contributed by atoms with E-state index in [-0.39, 0.29) is 5.56 Å². The van der Waals surface area contributed by atoms with E-state index in [2.05, 4.69) is 10.1 Å². The lowest BCUT2D eigenvalue weighted by Crippen LogP contribution is -2.21. The molecule has 0 aliphatic heterocycles. The first-order valence-electron chi connectivity index (χ1n) is 5.94. The number of benzene rings is 1. The quantitative estimate of drug-likeness (QED) is 0.504. The van der Waals surface area contributed by atoms with Gasteiger partial charge in [-0.05, 0) is 19.2 Å². The van der Waals surface area contributed by atoms with Gasteiger partial charge in [0.05, 0.1) is 10.4 Å². The molecule has 0 bridgehead atoms. The van der Waals surface area contributed by atoms with Crippen LogP contribution >= 0.6 is 11.8 Å². The summed E-state index contributed by atoms with van der Waals surface area (Å²) in [5.74, 6) is 0. The lowest BCUT2D eigenvalue weighted by Gasteiger charge is -2.10. The molecule has 0 amide bonds. The fourth-order valence-electron chi connectivity index (χ4n) is 2.33. The van der Waals surface area contributed by atoms with Crippen molar-refractivity contribution in [1.82, 2.24) is 14.8 Å². The Morgan fingerprint density at radius 2 is 2.00 bits per heavy atom. The van der Waals surface area contributed by atoms with Crippen LogP contribution in [0.1, 0.15) is 5.69 Å². The molecule has 2 aromatic heterocycles. The zero-order valence-electron chi connectivity index (χ0n) is 11.0. The fraction of sp³-hybridized carbons (Fsp3) is 0.214. The molecule has 0 N–H and O–H groups in total. The largest absolute Gasteiger partial charge is 0.280 e. The Morgan fingerprint density at radius 1 is 1.26 bits per heavy atom. The minimum atomic E-state index is -0.0693. The van der Waals surface area contributed by atoms with Crippen LogP contribution in [0.4, 0.5) is 0 Å². The zero-order valence-corrected chi connectivity index (χ0v) is 11.8. The molecular formula is C14H13N3OS. The Labute approximate surface area is 114 Å². The minimum absolute atomic E-state index is 0.0693. The van der Waals surface area contributed by atoms with Gasteiger partial charge in [-0.25, -0.2) is 4.68 Å². The van der Waals surface area contributed by atoms with Gasteiger partial charge < -0.3 is 0 Å². The average Bonchev–Trinajstić information content (AvgIpc) is 2.41.